The minimum Gasteiger partial charge on any atom is -0.351 e. The summed E-state index contributed by atoms with van der Waals surface area (Å²) >= 11 is 0. The summed E-state index contributed by atoms with van der Waals surface area (Å²) in [5.74, 6) is -0.278. The summed E-state index contributed by atoms with van der Waals surface area (Å²) in [5.41, 5.74) is 0. The van der Waals surface area contributed by atoms with Gasteiger partial charge in [0.15, 0.2) is 0 Å². The van der Waals surface area contributed by atoms with Crippen molar-refractivity contribution in [3.05, 3.63) is 0 Å². The Morgan fingerprint density at radius 1 is 1.27 bits per heavy atom. The maximum Gasteiger partial charge on any atom is 0.418 e. The van der Waals surface area contributed by atoms with Crippen LogP contribution in [-0.4, -0.2) is 91.0 Å². The molecule has 3 aliphatic heterocycles. The van der Waals surface area contributed by atoms with E-state index in [4.69, 9.17) is 4.55 Å². The van der Waals surface area contributed by atoms with Gasteiger partial charge in [0.1, 0.15) is 6.04 Å². The second-order valence-electron chi connectivity index (χ2n) is 6.76. The molecule has 0 saturated carbocycles. The van der Waals surface area contributed by atoms with Crippen molar-refractivity contribution in [3.63, 3.8) is 0 Å². The Balaban J connectivity index is 1.56. The fourth-order valence-corrected chi connectivity index (χ4v) is 4.16. The topological polar surface area (TPSA) is 137 Å². The molecular formula is C13H21BN4O7S. The van der Waals surface area contributed by atoms with Crippen molar-refractivity contribution in [2.75, 3.05) is 19.6 Å². The van der Waals surface area contributed by atoms with E-state index < -0.39 is 28.5 Å². The van der Waals surface area contributed by atoms with Crippen molar-refractivity contribution in [2.45, 2.75) is 43.8 Å². The van der Waals surface area contributed by atoms with E-state index in [0.29, 0.717) is 25.3 Å². The molecule has 11 nitrogen and oxygen atoms in total. The summed E-state index contributed by atoms with van der Waals surface area (Å²) in [7, 11) is -4.42. The minimum absolute atomic E-state index is 0.0222. The lowest BCUT2D eigenvalue weighted by Crippen LogP contribution is -2.54. The number of rotatable bonds is 6. The van der Waals surface area contributed by atoms with Crippen LogP contribution in [0, 0.1) is 0 Å². The second-order valence-corrected chi connectivity index (χ2v) is 7.76. The van der Waals surface area contributed by atoms with Gasteiger partial charge in [0, 0.05) is 12.6 Å². The van der Waals surface area contributed by atoms with Crippen LogP contribution < -0.4 is 5.32 Å². The van der Waals surface area contributed by atoms with Crippen LogP contribution in [-0.2, 0) is 24.3 Å². The normalized spacial score (nSPS) is 27.5. The van der Waals surface area contributed by atoms with Crippen molar-refractivity contribution in [2.24, 2.45) is 0 Å². The number of nitrogens with one attached hydrogen (secondary N) is 1. The van der Waals surface area contributed by atoms with Gasteiger partial charge >= 0.3 is 16.4 Å². The van der Waals surface area contributed by atoms with Gasteiger partial charge in [0.25, 0.3) is 7.41 Å². The number of urea groups is 1. The van der Waals surface area contributed by atoms with E-state index in [9.17, 15) is 22.8 Å². The van der Waals surface area contributed by atoms with E-state index in [0.717, 1.165) is 32.1 Å². The first-order chi connectivity index (χ1) is 12.3. The Morgan fingerprint density at radius 2 is 1.96 bits per heavy atom. The fourth-order valence-electron chi connectivity index (χ4n) is 3.77. The Hall–Kier alpha value is -1.70. The Bertz CT molecular complexity index is 682. The lowest BCUT2D eigenvalue weighted by molar-refractivity contribution is -0.127. The summed E-state index contributed by atoms with van der Waals surface area (Å²) in [5, 5.41) is 3.57. The molecule has 2 bridgehead atoms. The van der Waals surface area contributed by atoms with Gasteiger partial charge in [-0.25, -0.2) is 4.79 Å². The number of nitrogens with zero attached hydrogens (tertiary/aromatic N) is 3. The van der Waals surface area contributed by atoms with Crippen LogP contribution in [0.2, 0.25) is 0 Å². The van der Waals surface area contributed by atoms with Gasteiger partial charge in [-0.1, -0.05) is 0 Å². The summed E-state index contributed by atoms with van der Waals surface area (Å²) in [6.45, 7) is 1.61. The molecule has 3 fully saturated rings. The van der Waals surface area contributed by atoms with Crippen LogP contribution >= 0.6 is 0 Å². The SMILES string of the molecule is O=CBN1CCC(NC(=O)[C@@H]2CC[C@@H]3CN2C(=O)N3OS(=O)(=O)O)CC1. The minimum atomic E-state index is -4.80. The van der Waals surface area contributed by atoms with E-state index in [1.165, 1.54) is 4.90 Å². The van der Waals surface area contributed by atoms with E-state index in [2.05, 4.69) is 9.60 Å². The predicted octanol–water partition coefficient (Wildman–Crippen LogP) is -1.89. The molecular weight excluding hydrogens is 367 g/mol. The Kier molecular flexibility index (Phi) is 5.51. The first-order valence-electron chi connectivity index (χ1n) is 8.51. The molecule has 0 aromatic heterocycles. The standard InChI is InChI=1S/C13H21BN4O7S/c19-8-14-16-5-3-9(4-6-16)15-12(20)11-2-1-10-7-17(11)13(21)18(10)25-26(22,23)24/h8-11,14H,1-7H2,(H,15,20)(H,22,23,24)/t10-,11+/m1/s1. The van der Waals surface area contributed by atoms with E-state index >= 15 is 0 Å². The number of hydroxylamine groups is 2. The zero-order valence-electron chi connectivity index (χ0n) is 14.1. The number of piperidine rings is 2. The van der Waals surface area contributed by atoms with Crippen LogP contribution in [0.4, 0.5) is 4.79 Å². The highest BCUT2D eigenvalue weighted by atomic mass is 32.3. The molecule has 3 heterocycles. The van der Waals surface area contributed by atoms with Gasteiger partial charge in [-0.3, -0.25) is 9.35 Å². The third-order valence-electron chi connectivity index (χ3n) is 5.07. The van der Waals surface area contributed by atoms with Gasteiger partial charge in [-0.05, 0) is 38.8 Å². The molecule has 26 heavy (non-hydrogen) atoms. The zero-order valence-corrected chi connectivity index (χ0v) is 14.9. The molecule has 3 aliphatic rings. The number of carbonyl (C=O) groups excluding carboxylic acids is 3. The van der Waals surface area contributed by atoms with Crippen LogP contribution in [0.5, 0.6) is 0 Å². The highest BCUT2D eigenvalue weighted by Gasteiger charge is 2.49. The molecule has 0 aromatic rings. The summed E-state index contributed by atoms with van der Waals surface area (Å²) in [4.78, 5) is 38.7. The molecule has 3 amide bonds. The van der Waals surface area contributed by atoms with E-state index in [1.807, 2.05) is 4.81 Å². The largest absolute Gasteiger partial charge is 0.418 e. The second kappa shape index (κ2) is 7.51. The van der Waals surface area contributed by atoms with Gasteiger partial charge in [-0.15, -0.1) is 4.28 Å². The molecule has 13 heteroatoms. The van der Waals surface area contributed by atoms with Gasteiger partial charge in [0.05, 0.1) is 12.2 Å². The molecule has 3 rings (SSSR count). The smallest absolute Gasteiger partial charge is 0.351 e. The van der Waals surface area contributed by atoms with Gasteiger partial charge in [0.2, 0.25) is 5.91 Å². The summed E-state index contributed by atoms with van der Waals surface area (Å²) < 4.78 is 34.9. The van der Waals surface area contributed by atoms with Crippen LogP contribution in [0.1, 0.15) is 25.7 Å². The molecule has 0 unspecified atom stereocenters. The van der Waals surface area contributed by atoms with Gasteiger partial charge < -0.3 is 19.8 Å². The summed E-state index contributed by atoms with van der Waals surface area (Å²) in [6.07, 6.45) is 3.09. The number of carbonyl (C=O) groups is 3. The number of amides is 3. The maximum atomic E-state index is 12.6. The van der Waals surface area contributed by atoms with Crippen molar-refractivity contribution >= 4 is 35.9 Å². The number of fused-ring (bicyclic) bond motifs is 2. The average Bonchev–Trinajstić information content (AvgIpc) is 2.80. The molecule has 0 spiro atoms. The number of hydrogen-bond acceptors (Lipinski definition) is 7. The van der Waals surface area contributed by atoms with Crippen molar-refractivity contribution < 1.29 is 31.6 Å². The Morgan fingerprint density at radius 3 is 2.58 bits per heavy atom. The van der Waals surface area contributed by atoms with Gasteiger partial charge in [-0.2, -0.15) is 13.5 Å². The molecule has 2 atom stereocenters. The van der Waals surface area contributed by atoms with Crippen molar-refractivity contribution in [3.8, 4) is 0 Å². The molecule has 0 aliphatic carbocycles. The van der Waals surface area contributed by atoms with Crippen LogP contribution in [0.25, 0.3) is 0 Å². The molecule has 0 radical (unpaired) electrons. The Labute approximate surface area is 151 Å². The lowest BCUT2D eigenvalue weighted by atomic mass is 9.89. The average molecular weight is 388 g/mol. The highest BCUT2D eigenvalue weighted by molar-refractivity contribution is 7.80. The maximum absolute atomic E-state index is 12.6. The fraction of sp³-hybridized carbons (Fsp3) is 0.769. The van der Waals surface area contributed by atoms with Crippen molar-refractivity contribution in [1.29, 1.82) is 0 Å². The molecule has 144 valence electrons. The van der Waals surface area contributed by atoms with Crippen LogP contribution in [0.15, 0.2) is 0 Å². The van der Waals surface area contributed by atoms with E-state index in [1.54, 1.807) is 0 Å². The highest BCUT2D eigenvalue weighted by Crippen LogP contribution is 2.30. The summed E-state index contributed by atoms with van der Waals surface area (Å²) in [6, 6.07) is -1.97. The third-order valence-corrected chi connectivity index (χ3v) is 5.42. The third kappa shape index (κ3) is 4.16. The quantitative estimate of drug-likeness (QED) is 0.306. The predicted molar refractivity (Wildman–Crippen MR) is 90.0 cm³/mol. The molecule has 0 aromatic carbocycles. The monoisotopic (exact) mass is 388 g/mol. The van der Waals surface area contributed by atoms with Crippen molar-refractivity contribution in [1.82, 2.24) is 20.1 Å². The van der Waals surface area contributed by atoms with E-state index in [-0.39, 0.29) is 18.5 Å². The first-order valence-corrected chi connectivity index (χ1v) is 9.88. The molecule has 2 N–H and O–H groups in total. The van der Waals surface area contributed by atoms with Crippen LogP contribution in [0.3, 0.4) is 0 Å². The lowest BCUT2D eigenvalue weighted by Gasteiger charge is -2.34. The molecule has 3 saturated heterocycles. The first kappa shape index (κ1) is 19.1. The number of hydrogen-bond donors (Lipinski definition) is 2. The zero-order chi connectivity index (χ0) is 18.9.